The highest BCUT2D eigenvalue weighted by Gasteiger charge is 2.02. The molecule has 0 bridgehead atoms. The van der Waals surface area contributed by atoms with E-state index in [4.69, 9.17) is 16.9 Å². The van der Waals surface area contributed by atoms with Gasteiger partial charge >= 0.3 is 0 Å². The first kappa shape index (κ1) is 10.3. The van der Waals surface area contributed by atoms with Crippen molar-refractivity contribution in [2.75, 3.05) is 5.75 Å². The van der Waals surface area contributed by atoms with Gasteiger partial charge in [-0.1, -0.05) is 11.6 Å². The number of nitriles is 1. The largest absolute Gasteiger partial charge is 0.256 e. The third kappa shape index (κ3) is 2.23. The van der Waals surface area contributed by atoms with Gasteiger partial charge in [0.15, 0.2) is 0 Å². The number of halogens is 1. The molecule has 2 aromatic rings. The van der Waals surface area contributed by atoms with Gasteiger partial charge in [0.1, 0.15) is 0 Å². The molecule has 0 aliphatic heterocycles. The van der Waals surface area contributed by atoms with Crippen LogP contribution in [-0.2, 0) is 0 Å². The highest BCUT2D eigenvalue weighted by atomic mass is 35.5. The number of hydrogen-bond acceptors (Lipinski definition) is 3. The van der Waals surface area contributed by atoms with Crippen molar-refractivity contribution in [3.8, 4) is 6.07 Å². The Morgan fingerprint density at radius 1 is 1.40 bits per heavy atom. The number of aromatic nitrogens is 1. The summed E-state index contributed by atoms with van der Waals surface area (Å²) in [5, 5.41) is 10.2. The topological polar surface area (TPSA) is 36.7 Å². The Kier molecular flexibility index (Phi) is 3.10. The average Bonchev–Trinajstić information content (AvgIpc) is 2.26. The van der Waals surface area contributed by atoms with E-state index in [9.17, 15) is 0 Å². The van der Waals surface area contributed by atoms with Crippen molar-refractivity contribution < 1.29 is 0 Å². The molecular formula is C11H7ClN2S. The molecule has 0 radical (unpaired) electrons. The zero-order valence-electron chi connectivity index (χ0n) is 7.77. The molecule has 0 spiro atoms. The van der Waals surface area contributed by atoms with Crippen molar-refractivity contribution in [2.24, 2.45) is 0 Å². The van der Waals surface area contributed by atoms with Crippen molar-refractivity contribution in [3.05, 3.63) is 35.5 Å². The molecule has 1 aromatic heterocycles. The Morgan fingerprint density at radius 3 is 3.07 bits per heavy atom. The first-order valence-electron chi connectivity index (χ1n) is 4.35. The van der Waals surface area contributed by atoms with Gasteiger partial charge in [0.05, 0.1) is 17.3 Å². The van der Waals surface area contributed by atoms with Crippen LogP contribution < -0.4 is 0 Å². The molecule has 2 nitrogen and oxygen atoms in total. The maximum Gasteiger partial charge on any atom is 0.0855 e. The first-order valence-corrected chi connectivity index (χ1v) is 5.71. The molecule has 2 rings (SSSR count). The fourth-order valence-corrected chi connectivity index (χ4v) is 2.20. The molecule has 0 atom stereocenters. The van der Waals surface area contributed by atoms with Crippen molar-refractivity contribution >= 4 is 34.3 Å². The Bertz CT molecular complexity index is 534. The van der Waals surface area contributed by atoms with E-state index in [0.29, 0.717) is 10.8 Å². The molecule has 0 saturated carbocycles. The SMILES string of the molecule is N#CCSc1ccnc2ccc(Cl)cc12. The maximum atomic E-state index is 8.54. The number of nitrogens with zero attached hydrogens (tertiary/aromatic N) is 2. The summed E-state index contributed by atoms with van der Waals surface area (Å²) >= 11 is 7.42. The summed E-state index contributed by atoms with van der Waals surface area (Å²) in [6.45, 7) is 0. The van der Waals surface area contributed by atoms with E-state index in [0.717, 1.165) is 15.8 Å². The second kappa shape index (κ2) is 4.52. The van der Waals surface area contributed by atoms with Gasteiger partial charge in [0.25, 0.3) is 0 Å². The lowest BCUT2D eigenvalue weighted by molar-refractivity contribution is 1.35. The predicted molar refractivity (Wildman–Crippen MR) is 63.1 cm³/mol. The van der Waals surface area contributed by atoms with E-state index in [1.165, 1.54) is 11.8 Å². The van der Waals surface area contributed by atoms with Crippen molar-refractivity contribution in [3.63, 3.8) is 0 Å². The minimum Gasteiger partial charge on any atom is -0.256 e. The normalized spacial score (nSPS) is 10.1. The number of rotatable bonds is 2. The lowest BCUT2D eigenvalue weighted by Crippen LogP contribution is -1.82. The standard InChI is InChI=1S/C11H7ClN2S/c12-8-1-2-10-9(7-8)11(3-5-14-10)15-6-4-13/h1-3,5,7H,6H2. The zero-order valence-corrected chi connectivity index (χ0v) is 9.35. The van der Waals surface area contributed by atoms with Crippen LogP contribution >= 0.6 is 23.4 Å². The van der Waals surface area contributed by atoms with Gasteiger partial charge in [0.2, 0.25) is 0 Å². The van der Waals surface area contributed by atoms with Gasteiger partial charge in [0, 0.05) is 21.5 Å². The monoisotopic (exact) mass is 234 g/mol. The van der Waals surface area contributed by atoms with E-state index in [2.05, 4.69) is 11.1 Å². The van der Waals surface area contributed by atoms with Gasteiger partial charge in [-0.3, -0.25) is 4.98 Å². The van der Waals surface area contributed by atoms with E-state index < -0.39 is 0 Å². The molecular weight excluding hydrogens is 228 g/mol. The van der Waals surface area contributed by atoms with Crippen LogP contribution in [0.2, 0.25) is 5.02 Å². The smallest absolute Gasteiger partial charge is 0.0855 e. The van der Waals surface area contributed by atoms with E-state index in [1.807, 2.05) is 24.3 Å². The van der Waals surface area contributed by atoms with Crippen LogP contribution in [0.25, 0.3) is 10.9 Å². The quantitative estimate of drug-likeness (QED) is 0.747. The van der Waals surface area contributed by atoms with Crippen molar-refractivity contribution in [1.29, 1.82) is 5.26 Å². The summed E-state index contributed by atoms with van der Waals surface area (Å²) in [5.41, 5.74) is 0.905. The average molecular weight is 235 g/mol. The van der Waals surface area contributed by atoms with E-state index in [1.54, 1.807) is 6.20 Å². The van der Waals surface area contributed by atoms with Gasteiger partial charge in [-0.15, -0.1) is 11.8 Å². The number of thioether (sulfide) groups is 1. The molecule has 1 aromatic carbocycles. The zero-order chi connectivity index (χ0) is 10.7. The molecule has 0 amide bonds. The summed E-state index contributed by atoms with van der Waals surface area (Å²) in [5.74, 6) is 0.436. The molecule has 74 valence electrons. The molecule has 0 saturated heterocycles. The predicted octanol–water partition coefficient (Wildman–Crippen LogP) is 3.50. The van der Waals surface area contributed by atoms with Crippen LogP contribution in [-0.4, -0.2) is 10.7 Å². The number of pyridine rings is 1. The van der Waals surface area contributed by atoms with Crippen LogP contribution in [0.1, 0.15) is 0 Å². The second-order valence-electron chi connectivity index (χ2n) is 2.92. The summed E-state index contributed by atoms with van der Waals surface area (Å²) in [6.07, 6.45) is 1.75. The Morgan fingerprint density at radius 2 is 2.27 bits per heavy atom. The van der Waals surface area contributed by atoms with Crippen LogP contribution in [0.4, 0.5) is 0 Å². The molecule has 15 heavy (non-hydrogen) atoms. The van der Waals surface area contributed by atoms with Gasteiger partial charge in [-0.05, 0) is 24.3 Å². The second-order valence-corrected chi connectivity index (χ2v) is 4.37. The summed E-state index contributed by atoms with van der Waals surface area (Å²) < 4.78 is 0. The summed E-state index contributed by atoms with van der Waals surface area (Å²) in [4.78, 5) is 5.28. The first-order chi connectivity index (χ1) is 7.31. The minimum atomic E-state index is 0.436. The van der Waals surface area contributed by atoms with E-state index >= 15 is 0 Å². The molecule has 0 N–H and O–H groups in total. The van der Waals surface area contributed by atoms with Gasteiger partial charge < -0.3 is 0 Å². The lowest BCUT2D eigenvalue weighted by atomic mass is 10.2. The highest BCUT2D eigenvalue weighted by molar-refractivity contribution is 7.99. The van der Waals surface area contributed by atoms with Crippen LogP contribution in [0.5, 0.6) is 0 Å². The third-order valence-electron chi connectivity index (χ3n) is 1.96. The third-order valence-corrected chi connectivity index (χ3v) is 3.13. The minimum absolute atomic E-state index is 0.436. The van der Waals surface area contributed by atoms with Gasteiger partial charge in [-0.2, -0.15) is 5.26 Å². The summed E-state index contributed by atoms with van der Waals surface area (Å²) in [7, 11) is 0. The number of fused-ring (bicyclic) bond motifs is 1. The molecule has 0 aliphatic carbocycles. The number of benzene rings is 1. The van der Waals surface area contributed by atoms with Crippen molar-refractivity contribution in [1.82, 2.24) is 4.98 Å². The van der Waals surface area contributed by atoms with Crippen LogP contribution in [0.15, 0.2) is 35.4 Å². The lowest BCUT2D eigenvalue weighted by Gasteiger charge is -2.03. The van der Waals surface area contributed by atoms with Gasteiger partial charge in [-0.25, -0.2) is 0 Å². The van der Waals surface area contributed by atoms with Crippen molar-refractivity contribution in [2.45, 2.75) is 4.90 Å². The molecule has 0 aliphatic rings. The highest BCUT2D eigenvalue weighted by Crippen LogP contribution is 2.28. The fraction of sp³-hybridized carbons (Fsp3) is 0.0909. The van der Waals surface area contributed by atoms with E-state index in [-0.39, 0.29) is 0 Å². The Hall–Kier alpha value is -1.24. The molecule has 4 heteroatoms. The molecule has 0 fully saturated rings. The number of hydrogen-bond donors (Lipinski definition) is 0. The molecule has 0 unspecified atom stereocenters. The maximum absolute atomic E-state index is 8.54. The van der Waals surface area contributed by atoms with Crippen LogP contribution in [0, 0.1) is 11.3 Å². The molecule has 1 heterocycles. The Balaban J connectivity index is 2.54. The fourth-order valence-electron chi connectivity index (χ4n) is 1.33. The Labute approximate surface area is 96.9 Å². The summed E-state index contributed by atoms with van der Waals surface area (Å²) in [6, 6.07) is 9.59. The van der Waals surface area contributed by atoms with Crippen LogP contribution in [0.3, 0.4) is 0 Å².